The summed E-state index contributed by atoms with van der Waals surface area (Å²) in [7, 11) is 1.88. The van der Waals surface area contributed by atoms with Crippen molar-refractivity contribution in [2.24, 2.45) is 0 Å². The average Bonchev–Trinajstić information content (AvgIpc) is 2.80. The highest BCUT2D eigenvalue weighted by molar-refractivity contribution is 9.10. The van der Waals surface area contributed by atoms with Crippen LogP contribution in [0, 0.1) is 5.82 Å². The van der Waals surface area contributed by atoms with Crippen LogP contribution in [0.25, 0.3) is 0 Å². The zero-order valence-electron chi connectivity index (χ0n) is 10.2. The van der Waals surface area contributed by atoms with E-state index in [1.807, 2.05) is 11.9 Å². The molecule has 0 aromatic heterocycles. The Balaban J connectivity index is 2.17. The zero-order valence-corrected chi connectivity index (χ0v) is 11.8. The van der Waals surface area contributed by atoms with Crippen LogP contribution in [-0.2, 0) is 0 Å². The van der Waals surface area contributed by atoms with E-state index in [0.29, 0.717) is 10.0 Å². The van der Waals surface area contributed by atoms with Gasteiger partial charge in [-0.05, 0) is 54.0 Å². The van der Waals surface area contributed by atoms with E-state index in [9.17, 15) is 9.18 Å². The third-order valence-electron chi connectivity index (χ3n) is 3.24. The highest BCUT2D eigenvalue weighted by Crippen LogP contribution is 2.22. The first-order valence-electron chi connectivity index (χ1n) is 6.04. The van der Waals surface area contributed by atoms with Crippen molar-refractivity contribution in [1.82, 2.24) is 10.2 Å². The molecule has 0 radical (unpaired) electrons. The molecule has 18 heavy (non-hydrogen) atoms. The summed E-state index contributed by atoms with van der Waals surface area (Å²) in [6.07, 6.45) is 2.05. The van der Waals surface area contributed by atoms with Gasteiger partial charge in [-0.25, -0.2) is 4.39 Å². The molecule has 1 heterocycles. The van der Waals surface area contributed by atoms with E-state index >= 15 is 0 Å². The van der Waals surface area contributed by atoms with Crippen molar-refractivity contribution in [3.05, 3.63) is 34.1 Å². The van der Waals surface area contributed by atoms with Crippen molar-refractivity contribution in [2.75, 3.05) is 20.1 Å². The Hall–Kier alpha value is -0.940. The second-order valence-electron chi connectivity index (χ2n) is 4.48. The maximum atomic E-state index is 13.2. The van der Waals surface area contributed by atoms with Gasteiger partial charge in [0.05, 0.1) is 4.47 Å². The summed E-state index contributed by atoms with van der Waals surface area (Å²) in [5.41, 5.74) is 0.534. The first kappa shape index (κ1) is 13.5. The summed E-state index contributed by atoms with van der Waals surface area (Å²) in [5, 5.41) is 3.10. The first-order chi connectivity index (χ1) is 8.63. The lowest BCUT2D eigenvalue weighted by atomic mass is 10.1. The standard InChI is InChI=1S/C13H16BrFN2O/c1-16-8-10-3-2-6-17(10)13(18)9-4-5-12(15)11(14)7-9/h4-5,7,10,16H,2-3,6,8H2,1H3/t10-/m1/s1. The summed E-state index contributed by atoms with van der Waals surface area (Å²) in [6.45, 7) is 1.58. The van der Waals surface area contributed by atoms with E-state index in [-0.39, 0.29) is 17.8 Å². The number of benzene rings is 1. The van der Waals surface area contributed by atoms with Gasteiger partial charge in [-0.1, -0.05) is 0 Å². The number of carbonyl (C=O) groups is 1. The quantitative estimate of drug-likeness (QED) is 0.929. The molecule has 0 unspecified atom stereocenters. The van der Waals surface area contributed by atoms with Crippen LogP contribution in [0.3, 0.4) is 0 Å². The van der Waals surface area contributed by atoms with Gasteiger partial charge in [0.1, 0.15) is 5.82 Å². The van der Waals surface area contributed by atoms with E-state index in [1.165, 1.54) is 12.1 Å². The van der Waals surface area contributed by atoms with Gasteiger partial charge in [0.2, 0.25) is 0 Å². The van der Waals surface area contributed by atoms with Gasteiger partial charge in [-0.2, -0.15) is 0 Å². The Morgan fingerprint density at radius 3 is 3.06 bits per heavy atom. The number of nitrogens with zero attached hydrogens (tertiary/aromatic N) is 1. The molecule has 1 saturated heterocycles. The molecule has 1 aliphatic heterocycles. The Morgan fingerprint density at radius 2 is 2.39 bits per heavy atom. The molecule has 1 amide bonds. The number of amides is 1. The van der Waals surface area contributed by atoms with Crippen LogP contribution in [0.4, 0.5) is 4.39 Å². The van der Waals surface area contributed by atoms with Gasteiger partial charge in [-0.3, -0.25) is 4.79 Å². The smallest absolute Gasteiger partial charge is 0.254 e. The van der Waals surface area contributed by atoms with Crippen LogP contribution in [-0.4, -0.2) is 37.0 Å². The van der Waals surface area contributed by atoms with Crippen molar-refractivity contribution in [2.45, 2.75) is 18.9 Å². The molecule has 2 rings (SSSR count). The van der Waals surface area contributed by atoms with Gasteiger partial charge < -0.3 is 10.2 Å². The molecular weight excluding hydrogens is 299 g/mol. The molecule has 1 N–H and O–H groups in total. The Bertz CT molecular complexity index is 453. The van der Waals surface area contributed by atoms with Crippen LogP contribution >= 0.6 is 15.9 Å². The van der Waals surface area contributed by atoms with Crippen molar-refractivity contribution in [3.63, 3.8) is 0 Å². The lowest BCUT2D eigenvalue weighted by molar-refractivity contribution is 0.0737. The van der Waals surface area contributed by atoms with Gasteiger partial charge in [0.25, 0.3) is 5.91 Å². The van der Waals surface area contributed by atoms with E-state index < -0.39 is 0 Å². The van der Waals surface area contributed by atoms with Crippen molar-refractivity contribution in [3.8, 4) is 0 Å². The van der Waals surface area contributed by atoms with Gasteiger partial charge >= 0.3 is 0 Å². The minimum absolute atomic E-state index is 0.0200. The normalized spacial score (nSPS) is 19.3. The molecule has 1 aliphatic rings. The summed E-state index contributed by atoms with van der Waals surface area (Å²) in [5.74, 6) is -0.367. The number of carbonyl (C=O) groups excluding carboxylic acids is 1. The fourth-order valence-corrected chi connectivity index (χ4v) is 2.72. The predicted molar refractivity (Wildman–Crippen MR) is 72.1 cm³/mol. The third kappa shape index (κ3) is 2.72. The zero-order chi connectivity index (χ0) is 13.1. The van der Waals surface area contributed by atoms with E-state index in [2.05, 4.69) is 21.2 Å². The van der Waals surface area contributed by atoms with Crippen LogP contribution < -0.4 is 5.32 Å². The molecule has 3 nitrogen and oxygen atoms in total. The third-order valence-corrected chi connectivity index (χ3v) is 3.85. The molecule has 1 atom stereocenters. The van der Waals surface area contributed by atoms with Crippen LogP contribution in [0.2, 0.25) is 0 Å². The van der Waals surface area contributed by atoms with E-state index in [0.717, 1.165) is 25.9 Å². The van der Waals surface area contributed by atoms with E-state index in [4.69, 9.17) is 0 Å². The number of hydrogen-bond acceptors (Lipinski definition) is 2. The highest BCUT2D eigenvalue weighted by Gasteiger charge is 2.28. The lowest BCUT2D eigenvalue weighted by Gasteiger charge is -2.24. The molecule has 0 aliphatic carbocycles. The molecule has 5 heteroatoms. The van der Waals surface area contributed by atoms with Crippen LogP contribution in [0.5, 0.6) is 0 Å². The van der Waals surface area contributed by atoms with Crippen molar-refractivity contribution in [1.29, 1.82) is 0 Å². The number of halogens is 2. The second kappa shape index (κ2) is 5.80. The fourth-order valence-electron chi connectivity index (χ4n) is 2.35. The minimum Gasteiger partial charge on any atom is -0.334 e. The molecule has 0 saturated carbocycles. The maximum absolute atomic E-state index is 13.2. The minimum atomic E-state index is -0.347. The summed E-state index contributed by atoms with van der Waals surface area (Å²) in [6, 6.07) is 4.65. The monoisotopic (exact) mass is 314 g/mol. The summed E-state index contributed by atoms with van der Waals surface area (Å²) < 4.78 is 13.5. The van der Waals surface area contributed by atoms with Crippen molar-refractivity contribution >= 4 is 21.8 Å². The number of likely N-dealkylation sites (tertiary alicyclic amines) is 1. The molecular formula is C13H16BrFN2O. The summed E-state index contributed by atoms with van der Waals surface area (Å²) in [4.78, 5) is 14.2. The number of nitrogens with one attached hydrogen (secondary N) is 1. The second-order valence-corrected chi connectivity index (χ2v) is 5.34. The van der Waals surface area contributed by atoms with Gasteiger partial charge in [0.15, 0.2) is 0 Å². The Labute approximate surface area is 114 Å². The fraction of sp³-hybridized carbons (Fsp3) is 0.462. The Kier molecular flexibility index (Phi) is 4.35. The predicted octanol–water partition coefficient (Wildman–Crippen LogP) is 2.41. The Morgan fingerprint density at radius 1 is 1.61 bits per heavy atom. The van der Waals surface area contributed by atoms with Crippen LogP contribution in [0.15, 0.2) is 22.7 Å². The lowest BCUT2D eigenvalue weighted by Crippen LogP contribution is -2.40. The maximum Gasteiger partial charge on any atom is 0.254 e. The van der Waals surface area contributed by atoms with Gasteiger partial charge in [0, 0.05) is 24.7 Å². The number of rotatable bonds is 3. The van der Waals surface area contributed by atoms with E-state index in [1.54, 1.807) is 6.07 Å². The van der Waals surface area contributed by atoms with Crippen molar-refractivity contribution < 1.29 is 9.18 Å². The van der Waals surface area contributed by atoms with Gasteiger partial charge in [-0.15, -0.1) is 0 Å². The highest BCUT2D eigenvalue weighted by atomic mass is 79.9. The molecule has 0 bridgehead atoms. The molecule has 98 valence electrons. The largest absolute Gasteiger partial charge is 0.334 e. The molecule has 1 aromatic carbocycles. The molecule has 1 fully saturated rings. The van der Waals surface area contributed by atoms with Crippen LogP contribution in [0.1, 0.15) is 23.2 Å². The summed E-state index contributed by atoms with van der Waals surface area (Å²) >= 11 is 3.11. The topological polar surface area (TPSA) is 32.3 Å². The number of likely N-dealkylation sites (N-methyl/N-ethyl adjacent to an activating group) is 1. The SMILES string of the molecule is CNC[C@H]1CCCN1C(=O)c1ccc(F)c(Br)c1. The molecule has 1 aromatic rings. The number of hydrogen-bond donors (Lipinski definition) is 1. The molecule has 0 spiro atoms. The first-order valence-corrected chi connectivity index (χ1v) is 6.83. The average molecular weight is 315 g/mol.